The molecule has 64 valence electrons. The van der Waals surface area contributed by atoms with Gasteiger partial charge in [0.2, 0.25) is 0 Å². The van der Waals surface area contributed by atoms with Gasteiger partial charge in [-0.3, -0.25) is 0 Å². The molecular formula is C7H7Br2ClOZn. The Labute approximate surface area is 98.1 Å². The Hall–Kier alpha value is 0.893. The second kappa shape index (κ2) is 8.49. The number of rotatable bonds is 1. The van der Waals surface area contributed by atoms with Crippen LogP contribution in [0.5, 0.6) is 5.75 Å². The zero-order chi connectivity index (χ0) is 9.40. The summed E-state index contributed by atoms with van der Waals surface area (Å²) < 4.78 is 4.91. The maximum atomic E-state index is 5.64. The van der Waals surface area contributed by atoms with Gasteiger partial charge < -0.3 is 4.74 Å². The van der Waals surface area contributed by atoms with Crippen LogP contribution in [0, 0.1) is 0 Å². The normalized spacial score (nSPS) is 7.67. The summed E-state index contributed by atoms with van der Waals surface area (Å²) >= 11 is 11.9. The molecule has 0 aromatic heterocycles. The quantitative estimate of drug-likeness (QED) is 0.681. The van der Waals surface area contributed by atoms with E-state index in [9.17, 15) is 0 Å². The zero-order valence-electron chi connectivity index (χ0n) is 6.56. The summed E-state index contributed by atoms with van der Waals surface area (Å²) in [5, 5.41) is 0.703. The third-order valence-electron chi connectivity index (χ3n) is 1.03. The van der Waals surface area contributed by atoms with Crippen molar-refractivity contribution in [2.75, 3.05) is 7.11 Å². The fourth-order valence-electron chi connectivity index (χ4n) is 0.594. The van der Waals surface area contributed by atoms with E-state index in [4.69, 9.17) is 16.3 Å². The van der Waals surface area contributed by atoms with Gasteiger partial charge >= 0.3 is 40.5 Å². The summed E-state index contributed by atoms with van der Waals surface area (Å²) in [6.07, 6.45) is 0. The van der Waals surface area contributed by atoms with Crippen LogP contribution in [0.4, 0.5) is 0 Å². The zero-order valence-corrected chi connectivity index (χ0v) is 13.5. The van der Waals surface area contributed by atoms with E-state index in [2.05, 4.69) is 27.2 Å². The number of hydrogen-bond acceptors (Lipinski definition) is 1. The van der Waals surface area contributed by atoms with Gasteiger partial charge in [0.05, 0.1) is 7.11 Å². The van der Waals surface area contributed by atoms with Gasteiger partial charge in [-0.2, -0.15) is 0 Å². The Balaban J connectivity index is 0.000000354. The molecule has 1 aromatic carbocycles. The van der Waals surface area contributed by atoms with Crippen LogP contribution in [0.2, 0.25) is 5.02 Å². The summed E-state index contributed by atoms with van der Waals surface area (Å²) in [5.41, 5.74) is 0. The van der Waals surface area contributed by atoms with Crippen molar-refractivity contribution in [3.05, 3.63) is 29.3 Å². The monoisotopic (exact) mass is 364 g/mol. The Kier molecular flexibility index (Phi) is 9.12. The molecule has 0 radical (unpaired) electrons. The molecule has 0 unspecified atom stereocenters. The summed E-state index contributed by atoms with van der Waals surface area (Å²) in [5.74, 6) is 0.794. The van der Waals surface area contributed by atoms with Crippen molar-refractivity contribution in [3.63, 3.8) is 0 Å². The van der Waals surface area contributed by atoms with Crippen molar-refractivity contribution in [1.82, 2.24) is 0 Å². The van der Waals surface area contributed by atoms with Crippen molar-refractivity contribution < 1.29 is 17.9 Å². The molecule has 0 bridgehead atoms. The summed E-state index contributed by atoms with van der Waals surface area (Å²) in [6, 6.07) is 7.28. The second-order valence-electron chi connectivity index (χ2n) is 1.76. The van der Waals surface area contributed by atoms with E-state index in [1.807, 2.05) is 18.2 Å². The molecule has 0 aliphatic heterocycles. The van der Waals surface area contributed by atoms with Crippen LogP contribution in [0.15, 0.2) is 24.3 Å². The molecule has 0 saturated carbocycles. The second-order valence-corrected chi connectivity index (χ2v) is 16.3. The van der Waals surface area contributed by atoms with E-state index in [1.165, 1.54) is 0 Å². The number of halogens is 3. The van der Waals surface area contributed by atoms with Crippen molar-refractivity contribution in [1.29, 1.82) is 0 Å². The minimum atomic E-state index is -0.250. The van der Waals surface area contributed by atoms with Crippen molar-refractivity contribution >= 4 is 38.8 Å². The van der Waals surface area contributed by atoms with Crippen LogP contribution in [0.1, 0.15) is 0 Å². The first kappa shape index (κ1) is 12.9. The third-order valence-corrected chi connectivity index (χ3v) is 1.27. The topological polar surface area (TPSA) is 9.23 Å². The van der Waals surface area contributed by atoms with Crippen LogP contribution in [0.3, 0.4) is 0 Å². The first-order valence-electron chi connectivity index (χ1n) is 3.16. The van der Waals surface area contributed by atoms with Gasteiger partial charge in [-0.05, 0) is 18.2 Å². The molecule has 0 atom stereocenters. The molecule has 1 nitrogen and oxygen atoms in total. The Bertz CT molecular complexity index is 222. The van der Waals surface area contributed by atoms with E-state index in [0.717, 1.165) is 5.75 Å². The molecule has 0 heterocycles. The van der Waals surface area contributed by atoms with E-state index < -0.39 is 0 Å². The number of hydrogen-bond donors (Lipinski definition) is 0. The molecular weight excluding hydrogens is 361 g/mol. The van der Waals surface area contributed by atoms with Crippen LogP contribution in [0.25, 0.3) is 0 Å². The van der Waals surface area contributed by atoms with Gasteiger partial charge in [0.1, 0.15) is 5.75 Å². The molecule has 0 aliphatic rings. The molecule has 0 fully saturated rings. The Morgan fingerprint density at radius 3 is 2.33 bits per heavy atom. The van der Waals surface area contributed by atoms with Gasteiger partial charge in [-0.15, -0.1) is 0 Å². The molecule has 1 aromatic rings. The average molecular weight is 368 g/mol. The van der Waals surface area contributed by atoms with E-state index >= 15 is 0 Å². The minimum absolute atomic E-state index is 0.250. The standard InChI is InChI=1S/C7H7ClO.2BrH.Zn/c1-9-7-4-2-3-6(8)5-7;;;/h2-5H,1H3;2*1H;/q;;;+2/p-2. The van der Waals surface area contributed by atoms with E-state index in [1.54, 1.807) is 13.2 Å². The van der Waals surface area contributed by atoms with Crippen LogP contribution >= 0.6 is 38.8 Å². The molecule has 0 saturated heterocycles. The maximum absolute atomic E-state index is 5.64. The first-order chi connectivity index (χ1) is 5.74. The van der Waals surface area contributed by atoms with Crippen LogP contribution < -0.4 is 4.74 Å². The molecule has 1 rings (SSSR count). The van der Waals surface area contributed by atoms with Gasteiger partial charge in [-0.25, -0.2) is 0 Å². The Morgan fingerprint density at radius 1 is 1.42 bits per heavy atom. The third kappa shape index (κ3) is 6.41. The molecule has 0 spiro atoms. The fourth-order valence-corrected chi connectivity index (χ4v) is 0.774. The van der Waals surface area contributed by atoms with Gasteiger partial charge in [0.25, 0.3) is 0 Å². The summed E-state index contributed by atoms with van der Waals surface area (Å²) in [7, 11) is 1.62. The molecule has 0 aliphatic carbocycles. The predicted octanol–water partition coefficient (Wildman–Crippen LogP) is 4.04. The van der Waals surface area contributed by atoms with Crippen LogP contribution in [-0.4, -0.2) is 7.11 Å². The molecule has 12 heavy (non-hydrogen) atoms. The number of methoxy groups -OCH3 is 1. The summed E-state index contributed by atoms with van der Waals surface area (Å²) in [6.45, 7) is 0. The van der Waals surface area contributed by atoms with Crippen molar-refractivity contribution in [3.8, 4) is 5.75 Å². The first-order valence-corrected chi connectivity index (χ1v) is 17.4. The fraction of sp³-hybridized carbons (Fsp3) is 0.143. The molecule has 0 N–H and O–H groups in total. The van der Waals surface area contributed by atoms with Crippen molar-refractivity contribution in [2.24, 2.45) is 0 Å². The van der Waals surface area contributed by atoms with Gasteiger partial charge in [0.15, 0.2) is 0 Å². The Morgan fingerprint density at radius 2 is 2.00 bits per heavy atom. The summed E-state index contributed by atoms with van der Waals surface area (Å²) in [4.78, 5) is 0. The van der Waals surface area contributed by atoms with Crippen molar-refractivity contribution in [2.45, 2.75) is 0 Å². The average Bonchev–Trinajstić information content (AvgIpc) is 2.06. The number of ether oxygens (including phenoxy) is 1. The van der Waals surface area contributed by atoms with E-state index in [0.29, 0.717) is 5.02 Å². The predicted molar refractivity (Wildman–Crippen MR) is 55.9 cm³/mol. The van der Waals surface area contributed by atoms with Gasteiger partial charge in [0, 0.05) is 5.02 Å². The van der Waals surface area contributed by atoms with Crippen LogP contribution in [-0.2, 0) is 13.2 Å². The number of benzene rings is 1. The SMILES string of the molecule is COc1cccc(Cl)c1.[Br][Zn][Br]. The van der Waals surface area contributed by atoms with E-state index in [-0.39, 0.29) is 13.2 Å². The van der Waals surface area contributed by atoms with Gasteiger partial charge in [-0.1, -0.05) is 17.7 Å². The molecule has 5 heteroatoms. The molecule has 0 amide bonds.